The van der Waals surface area contributed by atoms with Crippen molar-refractivity contribution in [2.24, 2.45) is 5.10 Å². The topological polar surface area (TPSA) is 93.3 Å². The molecule has 2 rings (SSSR count). The first-order valence-corrected chi connectivity index (χ1v) is 7.39. The molecule has 1 aromatic heterocycles. The maximum Gasteiger partial charge on any atom is 0.270 e. The first-order chi connectivity index (χ1) is 11.0. The van der Waals surface area contributed by atoms with E-state index >= 15 is 0 Å². The van der Waals surface area contributed by atoms with Crippen LogP contribution < -0.4 is 5.43 Å². The van der Waals surface area contributed by atoms with E-state index in [9.17, 15) is 10.1 Å². The normalized spacial score (nSPS) is 11.3. The van der Waals surface area contributed by atoms with Gasteiger partial charge in [-0.25, -0.2) is 15.4 Å². The summed E-state index contributed by atoms with van der Waals surface area (Å²) in [5.74, 6) is 0.418. The Kier molecular flexibility index (Phi) is 5.35. The Morgan fingerprint density at radius 1 is 1.26 bits per heavy atom. The van der Waals surface area contributed by atoms with Gasteiger partial charge < -0.3 is 0 Å². The smallest absolute Gasteiger partial charge is 0.258 e. The lowest BCUT2D eigenvalue weighted by Crippen LogP contribution is -2.07. The lowest BCUT2D eigenvalue weighted by molar-refractivity contribution is -0.384. The van der Waals surface area contributed by atoms with Gasteiger partial charge in [-0.2, -0.15) is 5.10 Å². The van der Waals surface area contributed by atoms with Crippen molar-refractivity contribution in [1.29, 1.82) is 0 Å². The highest BCUT2D eigenvalue weighted by molar-refractivity contribution is 6.01. The van der Waals surface area contributed by atoms with Gasteiger partial charge >= 0.3 is 0 Å². The molecule has 120 valence electrons. The van der Waals surface area contributed by atoms with Gasteiger partial charge in [0.25, 0.3) is 5.69 Å². The third kappa shape index (κ3) is 4.57. The highest BCUT2D eigenvalue weighted by Crippen LogP contribution is 2.16. The zero-order valence-corrected chi connectivity index (χ0v) is 13.4. The molecule has 0 atom stereocenters. The molecule has 23 heavy (non-hydrogen) atoms. The number of nitrogens with one attached hydrogen (secondary N) is 1. The molecule has 7 nitrogen and oxygen atoms in total. The Morgan fingerprint density at radius 2 is 1.96 bits per heavy atom. The van der Waals surface area contributed by atoms with Crippen LogP contribution in [0.2, 0.25) is 0 Å². The molecule has 0 unspecified atom stereocenters. The van der Waals surface area contributed by atoms with Gasteiger partial charge in [-0.1, -0.05) is 25.5 Å². The molecule has 7 heteroatoms. The van der Waals surface area contributed by atoms with Crippen molar-refractivity contribution in [2.45, 2.75) is 33.6 Å². The van der Waals surface area contributed by atoms with Gasteiger partial charge in [-0.15, -0.1) is 0 Å². The van der Waals surface area contributed by atoms with Crippen LogP contribution in [0, 0.1) is 24.0 Å². The molecule has 0 radical (unpaired) electrons. The van der Waals surface area contributed by atoms with Crippen LogP contribution in [0.5, 0.6) is 0 Å². The van der Waals surface area contributed by atoms with E-state index in [0.717, 1.165) is 29.1 Å². The van der Waals surface area contributed by atoms with Crippen LogP contribution in [0.15, 0.2) is 35.4 Å². The number of hydrogen-bond acceptors (Lipinski definition) is 6. The molecule has 0 aliphatic heterocycles. The van der Waals surface area contributed by atoms with Crippen LogP contribution in [0.1, 0.15) is 36.7 Å². The molecule has 0 spiro atoms. The number of benzene rings is 1. The van der Waals surface area contributed by atoms with Crippen LogP contribution in [-0.4, -0.2) is 20.6 Å². The Labute approximate surface area is 134 Å². The summed E-state index contributed by atoms with van der Waals surface area (Å²) in [4.78, 5) is 19.0. The predicted octanol–water partition coefficient (Wildman–Crippen LogP) is 3.62. The van der Waals surface area contributed by atoms with E-state index in [0.29, 0.717) is 12.4 Å². The summed E-state index contributed by atoms with van der Waals surface area (Å²) in [5, 5.41) is 15.3. The average Bonchev–Trinajstić information content (AvgIpc) is 2.50. The predicted molar refractivity (Wildman–Crippen MR) is 89.7 cm³/mol. The number of nitro groups is 1. The van der Waals surface area contributed by atoms with Crippen molar-refractivity contribution in [3.05, 3.63) is 57.4 Å². The van der Waals surface area contributed by atoms with E-state index in [-0.39, 0.29) is 5.69 Å². The summed E-state index contributed by atoms with van der Waals surface area (Å²) in [6, 6.07) is 8.34. The Hall–Kier alpha value is -2.83. The number of rotatable bonds is 6. The number of anilines is 1. The fourth-order valence-corrected chi connectivity index (χ4v) is 2.19. The summed E-state index contributed by atoms with van der Waals surface area (Å²) in [6.45, 7) is 5.80. The standard InChI is InChI=1S/C16H19N5O2/c1-4-6-15(13-7-5-8-14(10-13)21(22)23)19-20-16-17-11(2)9-12(3)18-16/h5,7-10H,4,6H2,1-3H3,(H,17,18,20)/b19-15-. The summed E-state index contributed by atoms with van der Waals surface area (Å²) in [7, 11) is 0. The zero-order valence-electron chi connectivity index (χ0n) is 13.4. The molecule has 1 heterocycles. The summed E-state index contributed by atoms with van der Waals surface area (Å²) >= 11 is 0. The SMILES string of the molecule is CCC/C(=N/Nc1nc(C)cc(C)n1)c1cccc([N+](=O)[O-])c1. The van der Waals surface area contributed by atoms with Gasteiger partial charge in [0, 0.05) is 29.1 Å². The Balaban J connectivity index is 2.30. The first-order valence-electron chi connectivity index (χ1n) is 7.39. The summed E-state index contributed by atoms with van der Waals surface area (Å²) < 4.78 is 0. The molecular formula is C16H19N5O2. The first kappa shape index (κ1) is 16.5. The fraction of sp³-hybridized carbons (Fsp3) is 0.312. The number of aryl methyl sites for hydroxylation is 2. The van der Waals surface area contributed by atoms with E-state index in [1.54, 1.807) is 6.07 Å². The molecule has 0 saturated heterocycles. The number of nitrogens with zero attached hydrogens (tertiary/aromatic N) is 4. The maximum atomic E-state index is 10.9. The molecule has 2 aromatic rings. The van der Waals surface area contributed by atoms with Crippen LogP contribution in [0.4, 0.5) is 11.6 Å². The second-order valence-corrected chi connectivity index (χ2v) is 5.20. The third-order valence-corrected chi connectivity index (χ3v) is 3.15. The van der Waals surface area contributed by atoms with Crippen LogP contribution in [0.25, 0.3) is 0 Å². The van der Waals surface area contributed by atoms with E-state index in [4.69, 9.17) is 0 Å². The molecule has 1 N–H and O–H groups in total. The van der Waals surface area contributed by atoms with E-state index in [2.05, 4.69) is 20.5 Å². The van der Waals surface area contributed by atoms with Crippen molar-refractivity contribution in [3.8, 4) is 0 Å². The van der Waals surface area contributed by atoms with Crippen molar-refractivity contribution < 1.29 is 4.92 Å². The molecular weight excluding hydrogens is 294 g/mol. The van der Waals surface area contributed by atoms with Crippen LogP contribution in [-0.2, 0) is 0 Å². The Morgan fingerprint density at radius 3 is 2.57 bits per heavy atom. The van der Waals surface area contributed by atoms with Crippen molar-refractivity contribution in [3.63, 3.8) is 0 Å². The number of hydrogen-bond donors (Lipinski definition) is 1. The number of hydrazone groups is 1. The van der Waals surface area contributed by atoms with Gasteiger partial charge in [0.05, 0.1) is 10.6 Å². The molecule has 0 saturated carbocycles. The fourth-order valence-electron chi connectivity index (χ4n) is 2.19. The number of aromatic nitrogens is 2. The van der Waals surface area contributed by atoms with Crippen molar-refractivity contribution in [1.82, 2.24) is 9.97 Å². The Bertz CT molecular complexity index is 723. The lowest BCUT2D eigenvalue weighted by atomic mass is 10.1. The van der Waals surface area contributed by atoms with Gasteiger partial charge in [0.2, 0.25) is 5.95 Å². The molecule has 0 aliphatic carbocycles. The van der Waals surface area contributed by atoms with Crippen molar-refractivity contribution >= 4 is 17.3 Å². The average molecular weight is 313 g/mol. The van der Waals surface area contributed by atoms with Gasteiger partial charge in [0.1, 0.15) is 0 Å². The highest BCUT2D eigenvalue weighted by Gasteiger charge is 2.10. The van der Waals surface area contributed by atoms with Gasteiger partial charge in [-0.3, -0.25) is 10.1 Å². The van der Waals surface area contributed by atoms with Crippen LogP contribution in [0.3, 0.4) is 0 Å². The molecule has 1 aromatic carbocycles. The lowest BCUT2D eigenvalue weighted by Gasteiger charge is -2.07. The largest absolute Gasteiger partial charge is 0.270 e. The van der Waals surface area contributed by atoms with Crippen molar-refractivity contribution in [2.75, 3.05) is 5.43 Å². The van der Waals surface area contributed by atoms with Crippen LogP contribution >= 0.6 is 0 Å². The molecule has 0 aliphatic rings. The zero-order chi connectivity index (χ0) is 16.8. The second-order valence-electron chi connectivity index (χ2n) is 5.20. The van der Waals surface area contributed by atoms with E-state index < -0.39 is 4.92 Å². The molecule has 0 fully saturated rings. The summed E-state index contributed by atoms with van der Waals surface area (Å²) in [5.41, 5.74) is 6.06. The minimum atomic E-state index is -0.409. The maximum absolute atomic E-state index is 10.9. The van der Waals surface area contributed by atoms with Gasteiger partial charge in [-0.05, 0) is 26.3 Å². The minimum Gasteiger partial charge on any atom is -0.258 e. The highest BCUT2D eigenvalue weighted by atomic mass is 16.6. The third-order valence-electron chi connectivity index (χ3n) is 3.15. The molecule has 0 bridgehead atoms. The summed E-state index contributed by atoms with van der Waals surface area (Å²) in [6.07, 6.45) is 1.57. The quantitative estimate of drug-likeness (QED) is 0.499. The number of non-ortho nitro benzene ring substituents is 1. The molecule has 0 amide bonds. The van der Waals surface area contributed by atoms with Gasteiger partial charge in [0.15, 0.2) is 0 Å². The van der Waals surface area contributed by atoms with E-state index in [1.165, 1.54) is 12.1 Å². The minimum absolute atomic E-state index is 0.0500. The second kappa shape index (κ2) is 7.44. The van der Waals surface area contributed by atoms with E-state index in [1.807, 2.05) is 32.9 Å². The number of nitro benzene ring substituents is 1. The monoisotopic (exact) mass is 313 g/mol.